The van der Waals surface area contributed by atoms with Crippen LogP contribution in [0.4, 0.5) is 0 Å². The maximum atomic E-state index is 12.4. The van der Waals surface area contributed by atoms with Gasteiger partial charge in [-0.2, -0.15) is 5.26 Å². The number of nitrogens with zero attached hydrogens (tertiary/aromatic N) is 5. The second-order valence-electron chi connectivity index (χ2n) is 11.1. The molecule has 6 nitrogen and oxygen atoms in total. The van der Waals surface area contributed by atoms with Gasteiger partial charge in [0.25, 0.3) is 0 Å². The molecule has 45 heavy (non-hydrogen) atoms. The molecule has 0 saturated carbocycles. The second kappa shape index (κ2) is 13.3. The second-order valence-corrected chi connectivity index (χ2v) is 11.1. The van der Waals surface area contributed by atoms with Crippen LogP contribution >= 0.6 is 0 Å². The van der Waals surface area contributed by atoms with Crippen LogP contribution in [0, 0.1) is 17.2 Å². The Balaban J connectivity index is 1.49. The van der Waals surface area contributed by atoms with E-state index in [4.69, 9.17) is 5.21 Å². The van der Waals surface area contributed by atoms with Crippen molar-refractivity contribution in [2.45, 2.75) is 31.7 Å². The number of aromatic nitrogens is 4. The standard InChI is InChI=1S/C39H33N5O/c1-2-14-37(45)31(28-40)27-29-23-25-30(26-24-29)35-21-12-13-22-36(35)38-41-42-43-44(38)39(32-15-6-3-7-16-32,33-17-8-4-9-18-33)34-19-10-5-11-20-34/h3-13,15-26,31H,2,14,27H2,1H3. The van der Waals surface area contributed by atoms with Crippen molar-refractivity contribution in [2.75, 3.05) is 0 Å². The summed E-state index contributed by atoms with van der Waals surface area (Å²) in [5.74, 6) is -0.00396. The van der Waals surface area contributed by atoms with Gasteiger partial charge < -0.3 is 0 Å². The maximum absolute atomic E-state index is 12.4. The summed E-state index contributed by atoms with van der Waals surface area (Å²) in [6.45, 7) is 1.96. The summed E-state index contributed by atoms with van der Waals surface area (Å²) in [4.78, 5) is 12.4. The quantitative estimate of drug-likeness (QED) is 0.144. The Kier molecular flexibility index (Phi) is 8.70. The number of tetrazole rings is 1. The summed E-state index contributed by atoms with van der Waals surface area (Å²) in [6.07, 6.45) is 1.57. The molecule has 0 spiro atoms. The highest BCUT2D eigenvalue weighted by atomic mass is 16.1. The lowest BCUT2D eigenvalue weighted by molar-refractivity contribution is -0.121. The van der Waals surface area contributed by atoms with Gasteiger partial charge in [-0.1, -0.05) is 146 Å². The summed E-state index contributed by atoms with van der Waals surface area (Å²) in [6, 6.07) is 49.4. The number of hydrogen-bond donors (Lipinski definition) is 0. The van der Waals surface area contributed by atoms with Crippen molar-refractivity contribution < 1.29 is 4.79 Å². The van der Waals surface area contributed by atoms with Gasteiger partial charge in [0.1, 0.15) is 17.2 Å². The van der Waals surface area contributed by atoms with Gasteiger partial charge in [0.05, 0.1) is 6.07 Å². The Hall–Kier alpha value is -5.67. The number of carbonyl (C=O) groups excluding carboxylic acids is 1. The minimum Gasteiger partial charge on any atom is -0.298 e. The third-order valence-corrected chi connectivity index (χ3v) is 8.28. The molecule has 1 atom stereocenters. The minimum absolute atomic E-state index is 0.00000911. The van der Waals surface area contributed by atoms with Crippen LogP contribution in [0.25, 0.3) is 22.5 Å². The predicted molar refractivity (Wildman–Crippen MR) is 176 cm³/mol. The van der Waals surface area contributed by atoms with Crippen molar-refractivity contribution in [3.05, 3.63) is 162 Å². The van der Waals surface area contributed by atoms with E-state index in [0.717, 1.165) is 45.4 Å². The zero-order valence-corrected chi connectivity index (χ0v) is 25.1. The van der Waals surface area contributed by atoms with E-state index in [2.05, 4.69) is 58.8 Å². The number of carbonyl (C=O) groups is 1. The average Bonchev–Trinajstić information content (AvgIpc) is 3.59. The molecule has 1 heterocycles. The fourth-order valence-electron chi connectivity index (χ4n) is 6.12. The fraction of sp³-hybridized carbons (Fsp3) is 0.154. The molecule has 0 aliphatic heterocycles. The molecule has 6 heteroatoms. The molecule has 0 amide bonds. The van der Waals surface area contributed by atoms with Gasteiger partial charge in [0.2, 0.25) is 0 Å². The topological polar surface area (TPSA) is 84.5 Å². The van der Waals surface area contributed by atoms with E-state index in [1.54, 1.807) is 0 Å². The van der Waals surface area contributed by atoms with Gasteiger partial charge in [0.15, 0.2) is 5.82 Å². The normalized spacial score (nSPS) is 11.9. The van der Waals surface area contributed by atoms with E-state index in [0.29, 0.717) is 18.7 Å². The molecule has 0 aliphatic carbocycles. The molecular formula is C39H33N5O. The molecular weight excluding hydrogens is 554 g/mol. The third-order valence-electron chi connectivity index (χ3n) is 8.28. The highest BCUT2D eigenvalue weighted by molar-refractivity contribution is 5.84. The zero-order chi connectivity index (χ0) is 31.1. The van der Waals surface area contributed by atoms with Crippen LogP contribution in [0.1, 0.15) is 42.0 Å². The number of Topliss-reactive ketones (excluding diaryl/α,β-unsaturated/α-hetero) is 1. The highest BCUT2D eigenvalue weighted by Gasteiger charge is 2.42. The summed E-state index contributed by atoms with van der Waals surface area (Å²) >= 11 is 0. The fourth-order valence-corrected chi connectivity index (χ4v) is 6.12. The van der Waals surface area contributed by atoms with Gasteiger partial charge in [0, 0.05) is 12.0 Å². The van der Waals surface area contributed by atoms with E-state index < -0.39 is 11.5 Å². The van der Waals surface area contributed by atoms with Crippen LogP contribution in [-0.4, -0.2) is 26.0 Å². The molecule has 6 rings (SSSR count). The number of nitriles is 1. The summed E-state index contributed by atoms with van der Waals surface area (Å²) in [7, 11) is 0. The first-order valence-electron chi connectivity index (χ1n) is 15.2. The van der Waals surface area contributed by atoms with E-state index in [-0.39, 0.29) is 5.78 Å². The van der Waals surface area contributed by atoms with E-state index in [1.165, 1.54) is 0 Å². The molecule has 0 N–H and O–H groups in total. The van der Waals surface area contributed by atoms with Crippen molar-refractivity contribution in [1.29, 1.82) is 5.26 Å². The molecule has 0 fully saturated rings. The van der Waals surface area contributed by atoms with Gasteiger partial charge in [-0.15, -0.1) is 5.10 Å². The smallest absolute Gasteiger partial charge is 0.184 e. The van der Waals surface area contributed by atoms with Crippen molar-refractivity contribution >= 4 is 5.78 Å². The Bertz CT molecular complexity index is 1810. The van der Waals surface area contributed by atoms with Gasteiger partial charge in [-0.05, 0) is 56.6 Å². The van der Waals surface area contributed by atoms with Crippen molar-refractivity contribution in [1.82, 2.24) is 20.2 Å². The number of benzene rings is 5. The highest BCUT2D eigenvalue weighted by Crippen LogP contribution is 2.43. The molecule has 220 valence electrons. The lowest BCUT2D eigenvalue weighted by Gasteiger charge is -2.36. The lowest BCUT2D eigenvalue weighted by Crippen LogP contribution is -2.39. The third kappa shape index (κ3) is 5.69. The van der Waals surface area contributed by atoms with Crippen molar-refractivity contribution in [3.63, 3.8) is 0 Å². The summed E-state index contributed by atoms with van der Waals surface area (Å²) in [5, 5.41) is 23.2. The molecule has 0 saturated heterocycles. The number of ketones is 1. The lowest BCUT2D eigenvalue weighted by atomic mass is 9.77. The van der Waals surface area contributed by atoms with Crippen LogP contribution in [0.15, 0.2) is 140 Å². The monoisotopic (exact) mass is 587 g/mol. The van der Waals surface area contributed by atoms with Crippen LogP contribution in [0.2, 0.25) is 0 Å². The number of rotatable bonds is 11. The van der Waals surface area contributed by atoms with Gasteiger partial charge >= 0.3 is 0 Å². The van der Waals surface area contributed by atoms with E-state index in [9.17, 15) is 10.1 Å². The van der Waals surface area contributed by atoms with Crippen molar-refractivity contribution in [3.8, 4) is 28.6 Å². The molecule has 5 aromatic carbocycles. The van der Waals surface area contributed by atoms with Crippen LogP contribution in [0.3, 0.4) is 0 Å². The zero-order valence-electron chi connectivity index (χ0n) is 25.1. The largest absolute Gasteiger partial charge is 0.298 e. The molecule has 6 aromatic rings. The SMILES string of the molecule is CCCC(=O)C(C#N)Cc1ccc(-c2ccccc2-c2nnnn2C(c2ccccc2)(c2ccccc2)c2ccccc2)cc1. The first-order valence-corrected chi connectivity index (χ1v) is 15.2. The number of hydrogen-bond acceptors (Lipinski definition) is 5. The first-order chi connectivity index (χ1) is 22.2. The maximum Gasteiger partial charge on any atom is 0.184 e. The Morgan fingerprint density at radius 1 is 0.733 bits per heavy atom. The predicted octanol–water partition coefficient (Wildman–Crippen LogP) is 7.90. The summed E-state index contributed by atoms with van der Waals surface area (Å²) < 4.78 is 1.94. The molecule has 0 radical (unpaired) electrons. The Labute approximate surface area is 263 Å². The minimum atomic E-state index is -0.864. The van der Waals surface area contributed by atoms with Crippen LogP contribution in [-0.2, 0) is 16.8 Å². The molecule has 1 aromatic heterocycles. The molecule has 0 bridgehead atoms. The van der Waals surface area contributed by atoms with Crippen LogP contribution < -0.4 is 0 Å². The Morgan fingerprint density at radius 2 is 1.24 bits per heavy atom. The Morgan fingerprint density at radius 3 is 1.76 bits per heavy atom. The summed E-state index contributed by atoms with van der Waals surface area (Å²) in [5.41, 5.74) is 6.02. The average molecular weight is 588 g/mol. The van der Waals surface area contributed by atoms with E-state index in [1.807, 2.05) is 109 Å². The van der Waals surface area contributed by atoms with Gasteiger partial charge in [-0.3, -0.25) is 4.79 Å². The first kappa shape index (κ1) is 29.4. The van der Waals surface area contributed by atoms with Crippen molar-refractivity contribution in [2.24, 2.45) is 5.92 Å². The van der Waals surface area contributed by atoms with Crippen LogP contribution in [0.5, 0.6) is 0 Å². The molecule has 1 unspecified atom stereocenters. The molecule has 0 aliphatic rings. The van der Waals surface area contributed by atoms with Gasteiger partial charge in [-0.25, -0.2) is 4.68 Å². The van der Waals surface area contributed by atoms with E-state index >= 15 is 0 Å².